The van der Waals surface area contributed by atoms with Crippen molar-refractivity contribution >= 4 is 21.7 Å². The highest BCUT2D eigenvalue weighted by Gasteiger charge is 2.09. The summed E-state index contributed by atoms with van der Waals surface area (Å²) in [7, 11) is 1.58. The molecular weight excluding hydrogens is 311 g/mol. The van der Waals surface area contributed by atoms with Crippen molar-refractivity contribution < 1.29 is 13.9 Å². The van der Waals surface area contributed by atoms with Gasteiger partial charge in [0.15, 0.2) is 5.78 Å². The highest BCUT2D eigenvalue weighted by molar-refractivity contribution is 9.10. The maximum absolute atomic E-state index is 13.1. The smallest absolute Gasteiger partial charge is 0.167 e. The lowest BCUT2D eigenvalue weighted by atomic mass is 10.0. The van der Waals surface area contributed by atoms with Crippen LogP contribution >= 0.6 is 15.9 Å². The van der Waals surface area contributed by atoms with Gasteiger partial charge in [-0.05, 0) is 57.9 Å². The quantitative estimate of drug-likeness (QED) is 0.795. The summed E-state index contributed by atoms with van der Waals surface area (Å²) < 4.78 is 18.5. The fourth-order valence-electron chi connectivity index (χ4n) is 1.71. The Morgan fingerprint density at radius 1 is 1.21 bits per heavy atom. The number of carbonyl (C=O) groups excluding carboxylic acids is 1. The topological polar surface area (TPSA) is 26.3 Å². The molecule has 98 valence electrons. The minimum atomic E-state index is -0.333. The summed E-state index contributed by atoms with van der Waals surface area (Å²) in [4.78, 5) is 12.1. The Morgan fingerprint density at radius 2 is 1.89 bits per heavy atom. The Bertz CT molecular complexity index is 594. The Labute approximate surface area is 119 Å². The number of hydrogen-bond acceptors (Lipinski definition) is 2. The first-order chi connectivity index (χ1) is 9.10. The molecule has 19 heavy (non-hydrogen) atoms. The molecule has 2 nitrogen and oxygen atoms in total. The Hall–Kier alpha value is -1.68. The van der Waals surface area contributed by atoms with Crippen molar-refractivity contribution in [1.29, 1.82) is 0 Å². The molecule has 2 aromatic rings. The highest BCUT2D eigenvalue weighted by atomic mass is 79.9. The SMILES string of the molecule is COc1ccc(C(=O)Cc2ccc(F)c(Br)c2)cc1. The molecule has 0 saturated heterocycles. The first-order valence-corrected chi connectivity index (χ1v) is 6.50. The van der Waals surface area contributed by atoms with Gasteiger partial charge in [0.1, 0.15) is 11.6 Å². The number of rotatable bonds is 4. The second-order valence-corrected chi connectivity index (χ2v) is 4.93. The molecule has 0 unspecified atom stereocenters. The molecule has 0 fully saturated rings. The van der Waals surface area contributed by atoms with E-state index in [1.165, 1.54) is 6.07 Å². The third kappa shape index (κ3) is 3.41. The van der Waals surface area contributed by atoms with E-state index >= 15 is 0 Å². The van der Waals surface area contributed by atoms with Gasteiger partial charge in [-0.1, -0.05) is 6.07 Å². The number of methoxy groups -OCH3 is 1. The Kier molecular flexibility index (Phi) is 4.32. The van der Waals surface area contributed by atoms with Crippen molar-refractivity contribution in [2.24, 2.45) is 0 Å². The largest absolute Gasteiger partial charge is 0.497 e. The fraction of sp³-hybridized carbons (Fsp3) is 0.133. The molecule has 0 aromatic heterocycles. The van der Waals surface area contributed by atoms with Crippen LogP contribution in [0.3, 0.4) is 0 Å². The van der Waals surface area contributed by atoms with E-state index < -0.39 is 0 Å². The summed E-state index contributed by atoms with van der Waals surface area (Å²) in [5.74, 6) is 0.364. The van der Waals surface area contributed by atoms with E-state index in [2.05, 4.69) is 15.9 Å². The molecule has 0 amide bonds. The molecule has 0 atom stereocenters. The van der Waals surface area contributed by atoms with Crippen LogP contribution in [0.5, 0.6) is 5.75 Å². The number of ether oxygens (including phenoxy) is 1. The van der Waals surface area contributed by atoms with Gasteiger partial charge in [0.2, 0.25) is 0 Å². The first-order valence-electron chi connectivity index (χ1n) is 5.71. The molecule has 0 N–H and O–H groups in total. The molecule has 4 heteroatoms. The van der Waals surface area contributed by atoms with Gasteiger partial charge >= 0.3 is 0 Å². The van der Waals surface area contributed by atoms with Gasteiger partial charge in [0, 0.05) is 12.0 Å². The summed E-state index contributed by atoms with van der Waals surface area (Å²) in [5.41, 5.74) is 1.38. The Balaban J connectivity index is 2.13. The van der Waals surface area contributed by atoms with E-state index in [0.717, 1.165) is 5.56 Å². The summed E-state index contributed by atoms with van der Waals surface area (Å²) in [6.45, 7) is 0. The van der Waals surface area contributed by atoms with Gasteiger partial charge in [-0.25, -0.2) is 4.39 Å². The van der Waals surface area contributed by atoms with Gasteiger partial charge in [-0.15, -0.1) is 0 Å². The second kappa shape index (κ2) is 5.97. The van der Waals surface area contributed by atoms with Gasteiger partial charge < -0.3 is 4.74 Å². The molecule has 0 aliphatic carbocycles. The second-order valence-electron chi connectivity index (χ2n) is 4.08. The fourth-order valence-corrected chi connectivity index (χ4v) is 2.14. The van der Waals surface area contributed by atoms with Crippen LogP contribution in [-0.2, 0) is 6.42 Å². The van der Waals surface area contributed by atoms with Crippen molar-refractivity contribution in [3.63, 3.8) is 0 Å². The molecule has 0 aliphatic rings. The third-order valence-electron chi connectivity index (χ3n) is 2.76. The number of hydrogen-bond donors (Lipinski definition) is 0. The number of ketones is 1. The molecule has 0 bridgehead atoms. The van der Waals surface area contributed by atoms with Crippen LogP contribution in [-0.4, -0.2) is 12.9 Å². The van der Waals surface area contributed by atoms with Crippen molar-refractivity contribution in [2.45, 2.75) is 6.42 Å². The number of benzene rings is 2. The van der Waals surface area contributed by atoms with Crippen molar-refractivity contribution in [3.05, 3.63) is 63.9 Å². The van der Waals surface area contributed by atoms with Crippen LogP contribution in [0.4, 0.5) is 4.39 Å². The van der Waals surface area contributed by atoms with Crippen LogP contribution < -0.4 is 4.74 Å². The van der Waals surface area contributed by atoms with E-state index in [1.54, 1.807) is 43.5 Å². The molecule has 0 saturated carbocycles. The summed E-state index contributed by atoms with van der Waals surface area (Å²) in [6.07, 6.45) is 0.241. The average molecular weight is 323 g/mol. The third-order valence-corrected chi connectivity index (χ3v) is 3.37. The predicted octanol–water partition coefficient (Wildman–Crippen LogP) is 4.02. The van der Waals surface area contributed by atoms with Crippen LogP contribution in [0.25, 0.3) is 0 Å². The average Bonchev–Trinajstić information content (AvgIpc) is 2.43. The zero-order chi connectivity index (χ0) is 13.8. The standard InChI is InChI=1S/C15H12BrFO2/c1-19-12-5-3-11(4-6-12)15(18)9-10-2-7-14(17)13(16)8-10/h2-8H,9H2,1H3. The van der Waals surface area contributed by atoms with Crippen molar-refractivity contribution in [3.8, 4) is 5.75 Å². The lowest BCUT2D eigenvalue weighted by molar-refractivity contribution is 0.0993. The summed E-state index contributed by atoms with van der Waals surface area (Å²) >= 11 is 3.11. The minimum Gasteiger partial charge on any atom is -0.497 e. The molecule has 0 aliphatic heterocycles. The molecule has 0 radical (unpaired) electrons. The summed E-state index contributed by atoms with van der Waals surface area (Å²) in [5, 5.41) is 0. The summed E-state index contributed by atoms with van der Waals surface area (Å²) in [6, 6.07) is 11.5. The monoisotopic (exact) mass is 322 g/mol. The lowest BCUT2D eigenvalue weighted by Crippen LogP contribution is -2.03. The number of carbonyl (C=O) groups is 1. The minimum absolute atomic E-state index is 0.0128. The maximum Gasteiger partial charge on any atom is 0.167 e. The van der Waals surface area contributed by atoms with Crippen LogP contribution in [0.15, 0.2) is 46.9 Å². The molecular formula is C15H12BrFO2. The van der Waals surface area contributed by atoms with Gasteiger partial charge in [0.05, 0.1) is 11.6 Å². The van der Waals surface area contributed by atoms with Gasteiger partial charge in [0.25, 0.3) is 0 Å². The lowest BCUT2D eigenvalue weighted by Gasteiger charge is -2.04. The van der Waals surface area contributed by atoms with Crippen LogP contribution in [0, 0.1) is 5.82 Å². The maximum atomic E-state index is 13.1. The zero-order valence-electron chi connectivity index (χ0n) is 10.3. The van der Waals surface area contributed by atoms with E-state index in [1.807, 2.05) is 0 Å². The molecule has 0 spiro atoms. The molecule has 0 heterocycles. The predicted molar refractivity (Wildman–Crippen MR) is 75.1 cm³/mol. The molecule has 2 aromatic carbocycles. The zero-order valence-corrected chi connectivity index (χ0v) is 11.9. The van der Waals surface area contributed by atoms with E-state index in [-0.39, 0.29) is 18.0 Å². The van der Waals surface area contributed by atoms with Crippen LogP contribution in [0.1, 0.15) is 15.9 Å². The Morgan fingerprint density at radius 3 is 2.47 bits per heavy atom. The van der Waals surface area contributed by atoms with Crippen LogP contribution in [0.2, 0.25) is 0 Å². The highest BCUT2D eigenvalue weighted by Crippen LogP contribution is 2.19. The van der Waals surface area contributed by atoms with E-state index in [0.29, 0.717) is 15.8 Å². The first kappa shape index (κ1) is 13.7. The van der Waals surface area contributed by atoms with Gasteiger partial charge in [-0.2, -0.15) is 0 Å². The number of Topliss-reactive ketones (excluding diaryl/α,β-unsaturated/α-hetero) is 1. The normalized spacial score (nSPS) is 10.3. The van der Waals surface area contributed by atoms with Gasteiger partial charge in [-0.3, -0.25) is 4.79 Å². The van der Waals surface area contributed by atoms with E-state index in [4.69, 9.17) is 4.74 Å². The van der Waals surface area contributed by atoms with Crippen molar-refractivity contribution in [2.75, 3.05) is 7.11 Å². The van der Waals surface area contributed by atoms with E-state index in [9.17, 15) is 9.18 Å². The molecule has 2 rings (SSSR count). The number of halogens is 2. The van der Waals surface area contributed by atoms with Crippen molar-refractivity contribution in [1.82, 2.24) is 0 Å².